The molecule has 1 aromatic rings. The zero-order valence-electron chi connectivity index (χ0n) is 7.83. The van der Waals surface area contributed by atoms with Gasteiger partial charge in [0.05, 0.1) is 6.20 Å². The van der Waals surface area contributed by atoms with Crippen molar-refractivity contribution in [2.45, 2.75) is 20.4 Å². The number of rotatable bonds is 3. The summed E-state index contributed by atoms with van der Waals surface area (Å²) in [4.78, 5) is 15.1. The molecule has 13 heavy (non-hydrogen) atoms. The molecule has 72 valence electrons. The van der Waals surface area contributed by atoms with Gasteiger partial charge in [0.15, 0.2) is 0 Å². The average Bonchev–Trinajstić information content (AvgIpc) is 2.09. The normalized spacial score (nSPS) is 11.6. The largest absolute Gasteiger partial charge is 0.312 e. The van der Waals surface area contributed by atoms with E-state index in [1.54, 1.807) is 17.0 Å². The van der Waals surface area contributed by atoms with Crippen molar-refractivity contribution >= 4 is 15.9 Å². The van der Waals surface area contributed by atoms with E-state index in [-0.39, 0.29) is 11.0 Å². The molecule has 0 bridgehead atoms. The third-order valence-electron chi connectivity index (χ3n) is 1.76. The van der Waals surface area contributed by atoms with Gasteiger partial charge in [0.25, 0.3) is 5.56 Å². The Morgan fingerprint density at radius 1 is 1.62 bits per heavy atom. The van der Waals surface area contributed by atoms with Gasteiger partial charge in [0.1, 0.15) is 0 Å². The first-order chi connectivity index (χ1) is 6.05. The molecule has 0 unspecified atom stereocenters. The Morgan fingerprint density at radius 3 is 2.85 bits per heavy atom. The molecule has 0 N–H and O–H groups in total. The number of aromatic nitrogens is 2. The first kappa shape index (κ1) is 10.4. The molecule has 0 aliphatic heterocycles. The Bertz CT molecular complexity index is 332. The SMILES string of the molecule is CC(C)(CBr)Cn1ccncc1=O. The summed E-state index contributed by atoms with van der Waals surface area (Å²) in [6.07, 6.45) is 4.68. The Labute approximate surface area is 85.9 Å². The second-order valence-corrected chi connectivity index (χ2v) is 4.40. The number of nitrogens with zero attached hydrogens (tertiary/aromatic N) is 2. The molecule has 0 aliphatic rings. The molecule has 0 spiro atoms. The van der Waals surface area contributed by atoms with Crippen molar-refractivity contribution in [1.82, 2.24) is 9.55 Å². The van der Waals surface area contributed by atoms with Crippen LogP contribution < -0.4 is 5.56 Å². The molecule has 0 amide bonds. The number of hydrogen-bond donors (Lipinski definition) is 0. The van der Waals surface area contributed by atoms with Gasteiger partial charge in [-0.2, -0.15) is 0 Å². The van der Waals surface area contributed by atoms with Crippen LogP contribution in [0, 0.1) is 5.41 Å². The zero-order chi connectivity index (χ0) is 9.90. The van der Waals surface area contributed by atoms with Gasteiger partial charge in [0, 0.05) is 24.3 Å². The lowest BCUT2D eigenvalue weighted by atomic mass is 9.97. The Kier molecular flexibility index (Phi) is 3.25. The highest BCUT2D eigenvalue weighted by Gasteiger charge is 2.16. The van der Waals surface area contributed by atoms with E-state index in [2.05, 4.69) is 34.8 Å². The van der Waals surface area contributed by atoms with E-state index < -0.39 is 0 Å². The van der Waals surface area contributed by atoms with Crippen molar-refractivity contribution in [1.29, 1.82) is 0 Å². The summed E-state index contributed by atoms with van der Waals surface area (Å²) >= 11 is 3.42. The molecule has 1 aromatic heterocycles. The minimum Gasteiger partial charge on any atom is -0.312 e. The first-order valence-corrected chi connectivity index (χ1v) is 5.24. The summed E-state index contributed by atoms with van der Waals surface area (Å²) in [5.74, 6) is 0. The van der Waals surface area contributed by atoms with Crippen LogP contribution in [0.1, 0.15) is 13.8 Å². The monoisotopic (exact) mass is 244 g/mol. The molecular weight excluding hydrogens is 232 g/mol. The summed E-state index contributed by atoms with van der Waals surface area (Å²) in [7, 11) is 0. The molecule has 0 saturated heterocycles. The molecule has 1 rings (SSSR count). The summed E-state index contributed by atoms with van der Waals surface area (Å²) in [6.45, 7) is 4.92. The fourth-order valence-corrected chi connectivity index (χ4v) is 1.18. The zero-order valence-corrected chi connectivity index (χ0v) is 9.41. The van der Waals surface area contributed by atoms with Crippen molar-refractivity contribution in [2.24, 2.45) is 5.41 Å². The van der Waals surface area contributed by atoms with Crippen LogP contribution in [0.25, 0.3) is 0 Å². The fourth-order valence-electron chi connectivity index (χ4n) is 1.01. The molecule has 0 radical (unpaired) electrons. The molecule has 0 saturated carbocycles. The fraction of sp³-hybridized carbons (Fsp3) is 0.556. The molecule has 0 atom stereocenters. The van der Waals surface area contributed by atoms with E-state index in [1.807, 2.05) is 0 Å². The van der Waals surface area contributed by atoms with E-state index in [0.29, 0.717) is 6.54 Å². The van der Waals surface area contributed by atoms with E-state index in [9.17, 15) is 4.79 Å². The molecule has 0 aliphatic carbocycles. The van der Waals surface area contributed by atoms with Crippen molar-refractivity contribution in [3.05, 3.63) is 28.9 Å². The molecule has 3 nitrogen and oxygen atoms in total. The molecule has 0 fully saturated rings. The van der Waals surface area contributed by atoms with Gasteiger partial charge in [-0.15, -0.1) is 0 Å². The summed E-state index contributed by atoms with van der Waals surface area (Å²) < 4.78 is 1.67. The predicted octanol–water partition coefficient (Wildman–Crippen LogP) is 1.66. The predicted molar refractivity (Wildman–Crippen MR) is 56.1 cm³/mol. The van der Waals surface area contributed by atoms with Crippen LogP contribution in [0.5, 0.6) is 0 Å². The maximum Gasteiger partial charge on any atom is 0.269 e. The second-order valence-electron chi connectivity index (χ2n) is 3.84. The quantitative estimate of drug-likeness (QED) is 0.759. The molecule has 4 heteroatoms. The van der Waals surface area contributed by atoms with Gasteiger partial charge >= 0.3 is 0 Å². The van der Waals surface area contributed by atoms with Gasteiger partial charge in [-0.3, -0.25) is 9.78 Å². The highest BCUT2D eigenvalue weighted by molar-refractivity contribution is 9.09. The van der Waals surface area contributed by atoms with Gasteiger partial charge in [-0.05, 0) is 5.41 Å². The molecular formula is C9H13BrN2O. The lowest BCUT2D eigenvalue weighted by Crippen LogP contribution is -2.28. The Morgan fingerprint density at radius 2 is 2.31 bits per heavy atom. The van der Waals surface area contributed by atoms with E-state index in [0.717, 1.165) is 5.33 Å². The number of alkyl halides is 1. The third kappa shape index (κ3) is 2.95. The smallest absolute Gasteiger partial charge is 0.269 e. The second kappa shape index (κ2) is 4.05. The van der Waals surface area contributed by atoms with Crippen molar-refractivity contribution < 1.29 is 0 Å². The van der Waals surface area contributed by atoms with Gasteiger partial charge in [0.2, 0.25) is 0 Å². The highest BCUT2D eigenvalue weighted by atomic mass is 79.9. The van der Waals surface area contributed by atoms with Crippen LogP contribution in [0.15, 0.2) is 23.4 Å². The lowest BCUT2D eigenvalue weighted by molar-refractivity contribution is 0.348. The highest BCUT2D eigenvalue weighted by Crippen LogP contribution is 2.19. The average molecular weight is 245 g/mol. The minimum absolute atomic E-state index is 0.0449. The van der Waals surface area contributed by atoms with E-state index >= 15 is 0 Å². The Balaban J connectivity index is 2.87. The standard InChI is InChI=1S/C9H13BrN2O/c1-9(2,6-10)7-12-4-3-11-5-8(12)13/h3-5H,6-7H2,1-2H3. The summed E-state index contributed by atoms with van der Waals surface area (Å²) in [5, 5.41) is 0.870. The number of hydrogen-bond acceptors (Lipinski definition) is 2. The van der Waals surface area contributed by atoms with E-state index in [1.165, 1.54) is 6.20 Å². The van der Waals surface area contributed by atoms with Gasteiger partial charge in [-0.1, -0.05) is 29.8 Å². The van der Waals surface area contributed by atoms with Crippen LogP contribution in [0.2, 0.25) is 0 Å². The third-order valence-corrected chi connectivity index (χ3v) is 3.28. The lowest BCUT2D eigenvalue weighted by Gasteiger charge is -2.22. The van der Waals surface area contributed by atoms with Crippen LogP contribution in [0.3, 0.4) is 0 Å². The maximum atomic E-state index is 11.3. The summed E-state index contributed by atoms with van der Waals surface area (Å²) in [6, 6.07) is 0. The number of halogens is 1. The van der Waals surface area contributed by atoms with E-state index in [4.69, 9.17) is 0 Å². The van der Waals surface area contributed by atoms with Crippen LogP contribution in [0.4, 0.5) is 0 Å². The van der Waals surface area contributed by atoms with Crippen molar-refractivity contribution in [3.8, 4) is 0 Å². The summed E-state index contributed by atoms with van der Waals surface area (Å²) in [5.41, 5.74) is 0.0436. The van der Waals surface area contributed by atoms with Gasteiger partial charge < -0.3 is 4.57 Å². The van der Waals surface area contributed by atoms with Crippen molar-refractivity contribution in [3.63, 3.8) is 0 Å². The minimum atomic E-state index is -0.0449. The Hall–Kier alpha value is -0.640. The topological polar surface area (TPSA) is 34.9 Å². The van der Waals surface area contributed by atoms with Crippen LogP contribution >= 0.6 is 15.9 Å². The first-order valence-electron chi connectivity index (χ1n) is 4.11. The maximum absolute atomic E-state index is 11.3. The van der Waals surface area contributed by atoms with Gasteiger partial charge in [-0.25, -0.2) is 0 Å². The van der Waals surface area contributed by atoms with Crippen LogP contribution in [-0.4, -0.2) is 14.9 Å². The van der Waals surface area contributed by atoms with Crippen molar-refractivity contribution in [2.75, 3.05) is 5.33 Å². The molecule has 1 heterocycles. The molecule has 0 aromatic carbocycles. The van der Waals surface area contributed by atoms with Crippen LogP contribution in [-0.2, 0) is 6.54 Å².